The Hall–Kier alpha value is -1.58. The zero-order chi connectivity index (χ0) is 10.1. The molecule has 0 saturated carbocycles. The van der Waals surface area contributed by atoms with E-state index >= 15 is 0 Å². The summed E-state index contributed by atoms with van der Waals surface area (Å²) in [6, 6.07) is 2.07. The van der Waals surface area contributed by atoms with E-state index < -0.39 is 0 Å². The summed E-state index contributed by atoms with van der Waals surface area (Å²) in [5.41, 5.74) is 3.20. The first-order valence-electron chi connectivity index (χ1n) is 4.75. The molecule has 0 aliphatic heterocycles. The van der Waals surface area contributed by atoms with Gasteiger partial charge in [0, 0.05) is 18.9 Å². The number of imidazole rings is 1. The molecule has 2 rings (SSSR count). The van der Waals surface area contributed by atoms with Crippen LogP contribution in [0.4, 0.5) is 0 Å². The molecule has 0 bridgehead atoms. The molecule has 0 aliphatic carbocycles. The van der Waals surface area contributed by atoms with E-state index in [1.807, 2.05) is 24.9 Å². The SMILES string of the molecule is CCc1cc(-c2ncc(C)[nH]2)n(C)n1. The molecule has 2 aromatic rings. The minimum atomic E-state index is 0.886. The van der Waals surface area contributed by atoms with Crippen molar-refractivity contribution in [3.63, 3.8) is 0 Å². The first-order valence-corrected chi connectivity index (χ1v) is 4.75. The minimum absolute atomic E-state index is 0.886. The smallest absolute Gasteiger partial charge is 0.155 e. The Morgan fingerprint density at radius 2 is 2.29 bits per heavy atom. The van der Waals surface area contributed by atoms with Crippen molar-refractivity contribution in [3.05, 3.63) is 23.7 Å². The fraction of sp³-hybridized carbons (Fsp3) is 0.400. The van der Waals surface area contributed by atoms with E-state index in [4.69, 9.17) is 0 Å². The van der Waals surface area contributed by atoms with Crippen molar-refractivity contribution in [2.45, 2.75) is 20.3 Å². The van der Waals surface area contributed by atoms with E-state index in [0.29, 0.717) is 0 Å². The average molecular weight is 190 g/mol. The van der Waals surface area contributed by atoms with Crippen molar-refractivity contribution in [2.75, 3.05) is 0 Å². The predicted octanol–water partition coefficient (Wildman–Crippen LogP) is 1.68. The van der Waals surface area contributed by atoms with Gasteiger partial charge < -0.3 is 4.98 Å². The van der Waals surface area contributed by atoms with Gasteiger partial charge in [0.05, 0.1) is 5.69 Å². The van der Waals surface area contributed by atoms with Gasteiger partial charge in [0.2, 0.25) is 0 Å². The Labute approximate surface area is 83.0 Å². The van der Waals surface area contributed by atoms with Crippen LogP contribution in [0.3, 0.4) is 0 Å². The normalized spacial score (nSPS) is 10.8. The number of rotatable bonds is 2. The van der Waals surface area contributed by atoms with Gasteiger partial charge in [0.25, 0.3) is 0 Å². The zero-order valence-corrected chi connectivity index (χ0v) is 8.70. The maximum Gasteiger partial charge on any atom is 0.155 e. The van der Waals surface area contributed by atoms with Gasteiger partial charge in [-0.2, -0.15) is 5.10 Å². The maximum absolute atomic E-state index is 4.37. The van der Waals surface area contributed by atoms with Crippen LogP contribution >= 0.6 is 0 Å². The summed E-state index contributed by atoms with van der Waals surface area (Å²) < 4.78 is 1.86. The molecular formula is C10H14N4. The molecule has 0 spiro atoms. The molecule has 2 aromatic heterocycles. The fourth-order valence-corrected chi connectivity index (χ4v) is 1.46. The molecule has 0 fully saturated rings. The zero-order valence-electron chi connectivity index (χ0n) is 8.70. The molecule has 0 atom stereocenters. The molecule has 0 amide bonds. The lowest BCUT2D eigenvalue weighted by atomic mass is 10.3. The number of aromatic amines is 1. The van der Waals surface area contributed by atoms with Crippen molar-refractivity contribution in [1.82, 2.24) is 19.7 Å². The van der Waals surface area contributed by atoms with Crippen molar-refractivity contribution in [3.8, 4) is 11.5 Å². The van der Waals surface area contributed by atoms with Crippen LogP contribution in [0.5, 0.6) is 0 Å². The molecule has 4 nitrogen and oxygen atoms in total. The summed E-state index contributed by atoms with van der Waals surface area (Å²) in [7, 11) is 1.94. The number of aryl methyl sites for hydroxylation is 3. The average Bonchev–Trinajstić information content (AvgIpc) is 2.71. The van der Waals surface area contributed by atoms with Gasteiger partial charge in [-0.15, -0.1) is 0 Å². The third-order valence-electron chi connectivity index (χ3n) is 2.24. The quantitative estimate of drug-likeness (QED) is 0.783. The Kier molecular flexibility index (Phi) is 2.11. The van der Waals surface area contributed by atoms with Crippen molar-refractivity contribution in [2.24, 2.45) is 7.05 Å². The molecule has 2 heterocycles. The van der Waals surface area contributed by atoms with E-state index in [9.17, 15) is 0 Å². The van der Waals surface area contributed by atoms with Crippen LogP contribution in [0.15, 0.2) is 12.3 Å². The Balaban J connectivity index is 2.45. The maximum atomic E-state index is 4.37. The summed E-state index contributed by atoms with van der Waals surface area (Å²) in [5, 5.41) is 4.37. The fourth-order valence-electron chi connectivity index (χ4n) is 1.46. The van der Waals surface area contributed by atoms with Crippen LogP contribution in [0.25, 0.3) is 11.5 Å². The number of nitrogens with zero attached hydrogens (tertiary/aromatic N) is 3. The summed E-state index contributed by atoms with van der Waals surface area (Å²) in [4.78, 5) is 7.48. The Morgan fingerprint density at radius 1 is 1.50 bits per heavy atom. The Bertz CT molecular complexity index is 439. The summed E-state index contributed by atoms with van der Waals surface area (Å²) in [6.07, 6.45) is 2.78. The van der Waals surface area contributed by atoms with Crippen LogP contribution in [0.2, 0.25) is 0 Å². The molecule has 1 N–H and O–H groups in total. The third kappa shape index (κ3) is 1.43. The highest BCUT2D eigenvalue weighted by Gasteiger charge is 2.08. The first kappa shape index (κ1) is 8.99. The lowest BCUT2D eigenvalue weighted by Crippen LogP contribution is -1.95. The van der Waals surface area contributed by atoms with Gasteiger partial charge in [0.15, 0.2) is 5.82 Å². The second-order valence-electron chi connectivity index (χ2n) is 3.41. The molecule has 0 aromatic carbocycles. The summed E-state index contributed by atoms with van der Waals surface area (Å²) >= 11 is 0. The first-order chi connectivity index (χ1) is 6.70. The Morgan fingerprint density at radius 3 is 2.79 bits per heavy atom. The van der Waals surface area contributed by atoms with Gasteiger partial charge in [-0.1, -0.05) is 6.92 Å². The van der Waals surface area contributed by atoms with Crippen molar-refractivity contribution >= 4 is 0 Å². The van der Waals surface area contributed by atoms with E-state index in [1.54, 1.807) is 0 Å². The van der Waals surface area contributed by atoms with Gasteiger partial charge in [-0.25, -0.2) is 4.98 Å². The molecule has 0 radical (unpaired) electrons. The van der Waals surface area contributed by atoms with E-state index in [1.165, 1.54) is 0 Å². The van der Waals surface area contributed by atoms with Gasteiger partial charge in [-0.3, -0.25) is 4.68 Å². The van der Waals surface area contributed by atoms with Crippen molar-refractivity contribution < 1.29 is 0 Å². The lowest BCUT2D eigenvalue weighted by Gasteiger charge is -1.95. The van der Waals surface area contributed by atoms with Crippen LogP contribution in [-0.4, -0.2) is 19.7 Å². The predicted molar refractivity (Wildman–Crippen MR) is 54.9 cm³/mol. The van der Waals surface area contributed by atoms with E-state index in [-0.39, 0.29) is 0 Å². The number of hydrogen-bond acceptors (Lipinski definition) is 2. The standard InChI is InChI=1S/C10H14N4/c1-4-8-5-9(14(3)13-8)10-11-6-7(2)12-10/h5-6H,4H2,1-3H3,(H,11,12). The highest BCUT2D eigenvalue weighted by Crippen LogP contribution is 2.16. The van der Waals surface area contributed by atoms with Crippen LogP contribution in [0, 0.1) is 6.92 Å². The van der Waals surface area contributed by atoms with E-state index in [2.05, 4.69) is 28.1 Å². The second kappa shape index (κ2) is 3.29. The highest BCUT2D eigenvalue weighted by atomic mass is 15.3. The second-order valence-corrected chi connectivity index (χ2v) is 3.41. The topological polar surface area (TPSA) is 46.5 Å². The third-order valence-corrected chi connectivity index (χ3v) is 2.24. The van der Waals surface area contributed by atoms with Gasteiger partial charge >= 0.3 is 0 Å². The molecule has 14 heavy (non-hydrogen) atoms. The van der Waals surface area contributed by atoms with Crippen LogP contribution in [-0.2, 0) is 13.5 Å². The highest BCUT2D eigenvalue weighted by molar-refractivity contribution is 5.50. The van der Waals surface area contributed by atoms with Gasteiger partial charge in [0.1, 0.15) is 5.69 Å². The molecule has 4 heteroatoms. The number of nitrogens with one attached hydrogen (secondary N) is 1. The monoisotopic (exact) mass is 190 g/mol. The van der Waals surface area contributed by atoms with Crippen molar-refractivity contribution in [1.29, 1.82) is 0 Å². The van der Waals surface area contributed by atoms with Crippen LogP contribution < -0.4 is 0 Å². The minimum Gasteiger partial charge on any atom is -0.341 e. The molecule has 0 unspecified atom stereocenters. The summed E-state index contributed by atoms with van der Waals surface area (Å²) in [5.74, 6) is 0.886. The molecule has 74 valence electrons. The largest absolute Gasteiger partial charge is 0.341 e. The molecule has 0 saturated heterocycles. The number of hydrogen-bond donors (Lipinski definition) is 1. The lowest BCUT2D eigenvalue weighted by molar-refractivity contribution is 0.749. The van der Waals surface area contributed by atoms with Crippen LogP contribution in [0.1, 0.15) is 18.3 Å². The molecular weight excluding hydrogens is 176 g/mol. The summed E-state index contributed by atoms with van der Waals surface area (Å²) in [6.45, 7) is 4.09. The van der Waals surface area contributed by atoms with E-state index in [0.717, 1.165) is 29.3 Å². The van der Waals surface area contributed by atoms with Gasteiger partial charge in [-0.05, 0) is 19.4 Å². The number of H-pyrrole nitrogens is 1. The number of aromatic nitrogens is 4. The molecule has 0 aliphatic rings.